The van der Waals surface area contributed by atoms with E-state index in [9.17, 15) is 0 Å². The first-order valence-electron chi connectivity index (χ1n) is 21.0. The molecule has 0 N–H and O–H groups in total. The van der Waals surface area contributed by atoms with E-state index in [4.69, 9.17) is 4.42 Å². The molecule has 2 nitrogen and oxygen atoms in total. The van der Waals surface area contributed by atoms with E-state index in [1.54, 1.807) is 0 Å². The summed E-state index contributed by atoms with van der Waals surface area (Å²) in [6.07, 6.45) is 0. The minimum absolute atomic E-state index is 0.556. The van der Waals surface area contributed by atoms with Gasteiger partial charge < -0.3 is 9.32 Å². The van der Waals surface area contributed by atoms with Gasteiger partial charge in [-0.2, -0.15) is 0 Å². The predicted molar refractivity (Wildman–Crippen MR) is 254 cm³/mol. The van der Waals surface area contributed by atoms with Crippen molar-refractivity contribution in [3.63, 3.8) is 0 Å². The first kappa shape index (κ1) is 35.0. The third-order valence-electron chi connectivity index (χ3n) is 12.7. The average molecular weight is 778 g/mol. The third-order valence-corrected chi connectivity index (χ3v) is 12.7. The Morgan fingerprint density at radius 3 is 1.75 bits per heavy atom. The number of benzene rings is 10. The van der Waals surface area contributed by atoms with Gasteiger partial charge in [0, 0.05) is 16.6 Å². The van der Waals surface area contributed by atoms with Crippen LogP contribution in [-0.2, 0) is 5.41 Å². The topological polar surface area (TPSA) is 16.4 Å². The highest BCUT2D eigenvalue weighted by Gasteiger charge is 2.46. The van der Waals surface area contributed by atoms with Gasteiger partial charge in [0.1, 0.15) is 11.2 Å². The molecule has 1 heterocycles. The molecule has 1 aliphatic rings. The number of para-hydroxylation sites is 1. The molecule has 11 aromatic rings. The Labute approximate surface area is 355 Å². The van der Waals surface area contributed by atoms with Crippen molar-refractivity contribution in [3.05, 3.63) is 259 Å². The van der Waals surface area contributed by atoms with Crippen molar-refractivity contribution in [2.75, 3.05) is 4.90 Å². The number of hydrogen-bond donors (Lipinski definition) is 0. The second-order valence-corrected chi connectivity index (χ2v) is 16.0. The molecule has 1 aromatic heterocycles. The summed E-state index contributed by atoms with van der Waals surface area (Å²) in [5, 5.41) is 4.61. The molecule has 2 heteroatoms. The van der Waals surface area contributed by atoms with Crippen molar-refractivity contribution in [3.8, 4) is 33.4 Å². The molecule has 10 aromatic carbocycles. The van der Waals surface area contributed by atoms with Gasteiger partial charge in [0.25, 0.3) is 0 Å². The van der Waals surface area contributed by atoms with Gasteiger partial charge in [0.2, 0.25) is 0 Å². The van der Waals surface area contributed by atoms with E-state index in [2.05, 4.69) is 235 Å². The number of anilines is 3. The van der Waals surface area contributed by atoms with E-state index in [1.165, 1.54) is 49.7 Å². The fraction of sp³-hybridized carbons (Fsp3) is 0.0169. The zero-order valence-electron chi connectivity index (χ0n) is 33.4. The van der Waals surface area contributed by atoms with Crippen molar-refractivity contribution >= 4 is 49.8 Å². The molecule has 0 atom stereocenters. The Balaban J connectivity index is 1.19. The standard InChI is InChI=1S/C59H39NO/c1-4-18-41(19-5-1)48-35-33-44(43-32-31-40-17-10-11-20-42(40)37-43)38-55(48)60(54-28-16-30-57-58(54)51-26-13-15-29-56(51)61-57)47-34-36-50-49-25-12-14-27-52(49)59(53(50)39-47,45-21-6-2-7-22-45)46-23-8-3-9-24-46/h1-39H. The Morgan fingerprint density at radius 1 is 0.344 bits per heavy atom. The van der Waals surface area contributed by atoms with E-state index in [0.29, 0.717) is 0 Å². The summed E-state index contributed by atoms with van der Waals surface area (Å²) in [6.45, 7) is 0. The number of fused-ring (bicyclic) bond motifs is 7. The van der Waals surface area contributed by atoms with E-state index >= 15 is 0 Å². The van der Waals surface area contributed by atoms with Crippen LogP contribution in [0.25, 0.3) is 66.1 Å². The van der Waals surface area contributed by atoms with E-state index in [1.807, 2.05) is 6.07 Å². The molecule has 0 unspecified atom stereocenters. The molecule has 0 fully saturated rings. The monoisotopic (exact) mass is 777 g/mol. The molecular formula is C59H39NO. The van der Waals surface area contributed by atoms with Crippen molar-refractivity contribution in [1.29, 1.82) is 0 Å². The lowest BCUT2D eigenvalue weighted by Gasteiger charge is -2.35. The van der Waals surface area contributed by atoms with Crippen LogP contribution in [0.5, 0.6) is 0 Å². The lowest BCUT2D eigenvalue weighted by atomic mass is 9.67. The molecule has 12 rings (SSSR count). The second-order valence-electron chi connectivity index (χ2n) is 16.0. The summed E-state index contributed by atoms with van der Waals surface area (Å²) in [7, 11) is 0. The molecule has 1 aliphatic carbocycles. The highest BCUT2D eigenvalue weighted by molar-refractivity contribution is 6.14. The first-order chi connectivity index (χ1) is 30.3. The van der Waals surface area contributed by atoms with Gasteiger partial charge in [-0.25, -0.2) is 0 Å². The van der Waals surface area contributed by atoms with Crippen LogP contribution in [0.15, 0.2) is 241 Å². The van der Waals surface area contributed by atoms with Crippen LogP contribution in [0.4, 0.5) is 17.1 Å². The van der Waals surface area contributed by atoms with Crippen LogP contribution in [0.3, 0.4) is 0 Å². The minimum Gasteiger partial charge on any atom is -0.456 e. The highest BCUT2D eigenvalue weighted by atomic mass is 16.3. The zero-order chi connectivity index (χ0) is 40.3. The van der Waals surface area contributed by atoms with Crippen LogP contribution in [0.2, 0.25) is 0 Å². The predicted octanol–water partition coefficient (Wildman–Crippen LogP) is 15.9. The normalized spacial score (nSPS) is 12.7. The quantitative estimate of drug-likeness (QED) is 0.160. The Morgan fingerprint density at radius 2 is 0.951 bits per heavy atom. The molecule has 61 heavy (non-hydrogen) atoms. The Kier molecular flexibility index (Phi) is 8.11. The average Bonchev–Trinajstić information content (AvgIpc) is 3.86. The van der Waals surface area contributed by atoms with Crippen molar-refractivity contribution in [2.24, 2.45) is 0 Å². The van der Waals surface area contributed by atoms with E-state index in [0.717, 1.165) is 55.7 Å². The van der Waals surface area contributed by atoms with Crippen LogP contribution in [-0.4, -0.2) is 0 Å². The Hall–Kier alpha value is -7.94. The van der Waals surface area contributed by atoms with Crippen molar-refractivity contribution < 1.29 is 4.42 Å². The lowest BCUT2D eigenvalue weighted by molar-refractivity contribution is 0.669. The summed E-state index contributed by atoms with van der Waals surface area (Å²) in [5.41, 5.74) is 16.5. The van der Waals surface area contributed by atoms with Crippen LogP contribution >= 0.6 is 0 Å². The molecule has 286 valence electrons. The maximum Gasteiger partial charge on any atom is 0.137 e. The molecule has 0 saturated carbocycles. The fourth-order valence-electron chi connectivity index (χ4n) is 10.0. The number of hydrogen-bond acceptors (Lipinski definition) is 2. The SMILES string of the molecule is c1ccc(-c2ccc(-c3ccc4ccccc4c3)cc2N(c2ccc3c(c2)C(c2ccccc2)(c2ccccc2)c2ccccc2-3)c2cccc3oc4ccccc4c23)cc1. The summed E-state index contributed by atoms with van der Waals surface area (Å²) in [5.74, 6) is 0. The van der Waals surface area contributed by atoms with Gasteiger partial charge in [0.15, 0.2) is 0 Å². The second kappa shape index (κ2) is 14.1. The van der Waals surface area contributed by atoms with Gasteiger partial charge in [-0.15, -0.1) is 0 Å². The number of furan rings is 1. The molecule has 0 spiro atoms. The van der Waals surface area contributed by atoms with Gasteiger partial charge in [-0.05, 0) is 103 Å². The molecule has 0 bridgehead atoms. The third kappa shape index (κ3) is 5.50. The molecular weight excluding hydrogens is 739 g/mol. The smallest absolute Gasteiger partial charge is 0.137 e. The van der Waals surface area contributed by atoms with Crippen LogP contribution < -0.4 is 4.90 Å². The van der Waals surface area contributed by atoms with Crippen LogP contribution in [0, 0.1) is 0 Å². The molecule has 0 aliphatic heterocycles. The summed E-state index contributed by atoms with van der Waals surface area (Å²) < 4.78 is 6.60. The number of nitrogens with zero attached hydrogens (tertiary/aromatic N) is 1. The summed E-state index contributed by atoms with van der Waals surface area (Å²) in [6, 6.07) is 86.2. The Bertz CT molecular complexity index is 3380. The van der Waals surface area contributed by atoms with Gasteiger partial charge in [-0.1, -0.05) is 194 Å². The van der Waals surface area contributed by atoms with Crippen molar-refractivity contribution in [2.45, 2.75) is 5.41 Å². The largest absolute Gasteiger partial charge is 0.456 e. The minimum atomic E-state index is -0.556. The maximum absolute atomic E-state index is 6.60. The van der Waals surface area contributed by atoms with Crippen LogP contribution in [0.1, 0.15) is 22.3 Å². The van der Waals surface area contributed by atoms with E-state index in [-0.39, 0.29) is 0 Å². The van der Waals surface area contributed by atoms with E-state index < -0.39 is 5.41 Å². The lowest BCUT2D eigenvalue weighted by Crippen LogP contribution is -2.28. The molecule has 0 amide bonds. The number of rotatable bonds is 7. The van der Waals surface area contributed by atoms with Gasteiger partial charge in [0.05, 0.1) is 22.2 Å². The van der Waals surface area contributed by atoms with Crippen molar-refractivity contribution in [1.82, 2.24) is 0 Å². The molecule has 0 radical (unpaired) electrons. The summed E-state index contributed by atoms with van der Waals surface area (Å²) >= 11 is 0. The summed E-state index contributed by atoms with van der Waals surface area (Å²) in [4.78, 5) is 2.49. The van der Waals surface area contributed by atoms with Gasteiger partial charge >= 0.3 is 0 Å². The van der Waals surface area contributed by atoms with Gasteiger partial charge in [-0.3, -0.25) is 0 Å². The molecule has 0 saturated heterocycles. The maximum atomic E-state index is 6.60. The first-order valence-corrected chi connectivity index (χ1v) is 21.0. The fourth-order valence-corrected chi connectivity index (χ4v) is 10.0. The highest BCUT2D eigenvalue weighted by Crippen LogP contribution is 2.58. The zero-order valence-corrected chi connectivity index (χ0v) is 33.4.